The van der Waals surface area contributed by atoms with Crippen LogP contribution in [0.2, 0.25) is 0 Å². The van der Waals surface area contributed by atoms with Crippen LogP contribution in [0.5, 0.6) is 0 Å². The standard InChI is InChI=1S/C5H11N4.BrH/c1-2-3-8-4-5-9(6)7-8;/h4-5H,2-3H2,1H3,(H2,6,7);1H/q+1;/p-1. The molecule has 0 aromatic carbocycles. The number of aromatic nitrogens is 3. The summed E-state index contributed by atoms with van der Waals surface area (Å²) < 4.78 is 1.81. The van der Waals surface area contributed by atoms with Crippen LogP contribution >= 0.6 is 0 Å². The first-order valence-electron chi connectivity index (χ1n) is 3.03. The molecule has 4 nitrogen and oxygen atoms in total. The molecule has 0 atom stereocenters. The molecule has 0 unspecified atom stereocenters. The van der Waals surface area contributed by atoms with E-state index in [1.807, 2.05) is 6.20 Å². The number of hydrogen-bond donors (Lipinski definition) is 1. The van der Waals surface area contributed by atoms with Gasteiger partial charge in [0.05, 0.1) is 0 Å². The molecule has 0 radical (unpaired) electrons. The molecule has 0 saturated carbocycles. The highest BCUT2D eigenvalue weighted by molar-refractivity contribution is 4.54. The van der Waals surface area contributed by atoms with Gasteiger partial charge in [-0.05, 0) is 11.2 Å². The van der Waals surface area contributed by atoms with Crippen molar-refractivity contribution in [2.75, 3.05) is 5.84 Å². The minimum absolute atomic E-state index is 0. The van der Waals surface area contributed by atoms with Crippen molar-refractivity contribution in [2.24, 2.45) is 0 Å². The van der Waals surface area contributed by atoms with Crippen LogP contribution in [0.1, 0.15) is 13.3 Å². The second kappa shape index (κ2) is 4.27. The molecule has 5 heteroatoms. The van der Waals surface area contributed by atoms with E-state index in [1.54, 1.807) is 10.9 Å². The number of nitrogen functional groups attached to an aromatic ring is 1. The topological polar surface area (TPSA) is 47.7 Å². The van der Waals surface area contributed by atoms with E-state index in [1.165, 1.54) is 4.79 Å². The number of halogens is 1. The maximum Gasteiger partial charge on any atom is 0.184 e. The molecular weight excluding hydrogens is 196 g/mol. The molecule has 1 rings (SSSR count). The van der Waals surface area contributed by atoms with E-state index in [0.29, 0.717) is 0 Å². The Kier molecular flexibility index (Phi) is 4.02. The van der Waals surface area contributed by atoms with E-state index < -0.39 is 0 Å². The number of hydrogen-bond acceptors (Lipinski definition) is 2. The fourth-order valence-electron chi connectivity index (χ4n) is 0.686. The minimum atomic E-state index is 0. The van der Waals surface area contributed by atoms with Crippen molar-refractivity contribution in [3.8, 4) is 0 Å². The molecule has 0 bridgehead atoms. The van der Waals surface area contributed by atoms with Gasteiger partial charge < -0.3 is 17.0 Å². The quantitative estimate of drug-likeness (QED) is 0.401. The Labute approximate surface area is 70.4 Å². The van der Waals surface area contributed by atoms with E-state index in [-0.39, 0.29) is 17.0 Å². The van der Waals surface area contributed by atoms with E-state index in [4.69, 9.17) is 5.84 Å². The molecule has 10 heavy (non-hydrogen) atoms. The van der Waals surface area contributed by atoms with Crippen LogP contribution in [-0.2, 0) is 6.54 Å². The lowest BCUT2D eigenvalue weighted by Crippen LogP contribution is -3.00. The predicted octanol–water partition coefficient (Wildman–Crippen LogP) is -3.70. The maximum absolute atomic E-state index is 5.29. The molecule has 0 spiro atoms. The molecule has 1 heterocycles. The van der Waals surface area contributed by atoms with Gasteiger partial charge in [-0.15, -0.1) is 4.68 Å². The Balaban J connectivity index is 0.000000810. The zero-order chi connectivity index (χ0) is 6.69. The van der Waals surface area contributed by atoms with Gasteiger partial charge >= 0.3 is 0 Å². The third-order valence-electron chi connectivity index (χ3n) is 1.06. The summed E-state index contributed by atoms with van der Waals surface area (Å²) in [6.07, 6.45) is 4.65. The van der Waals surface area contributed by atoms with Gasteiger partial charge in [-0.2, -0.15) is 0 Å². The SMILES string of the molecule is CCC[n+]1ccn(N)n1.[Br-]. The molecular formula is C5H11BrN4. The summed E-state index contributed by atoms with van der Waals surface area (Å²) in [4.78, 5) is 1.30. The van der Waals surface area contributed by atoms with E-state index in [0.717, 1.165) is 13.0 Å². The lowest BCUT2D eigenvalue weighted by molar-refractivity contribution is -0.754. The van der Waals surface area contributed by atoms with Crippen LogP contribution in [0.4, 0.5) is 0 Å². The molecule has 0 fully saturated rings. The fraction of sp³-hybridized carbons (Fsp3) is 0.600. The number of nitrogens with zero attached hydrogens (tertiary/aromatic N) is 3. The maximum atomic E-state index is 5.29. The lowest BCUT2D eigenvalue weighted by atomic mass is 10.5. The molecule has 2 N–H and O–H groups in total. The van der Waals surface area contributed by atoms with Crippen molar-refractivity contribution < 1.29 is 21.7 Å². The third kappa shape index (κ3) is 2.34. The first-order chi connectivity index (χ1) is 4.33. The Morgan fingerprint density at radius 2 is 2.40 bits per heavy atom. The van der Waals surface area contributed by atoms with Gasteiger partial charge in [0, 0.05) is 0 Å². The molecule has 0 amide bonds. The molecule has 58 valence electrons. The monoisotopic (exact) mass is 206 g/mol. The summed E-state index contributed by atoms with van der Waals surface area (Å²) in [5.41, 5.74) is 0. The number of rotatable bonds is 2. The molecule has 0 aliphatic heterocycles. The van der Waals surface area contributed by atoms with Crippen LogP contribution in [-0.4, -0.2) is 10.0 Å². The van der Waals surface area contributed by atoms with Crippen molar-refractivity contribution in [1.29, 1.82) is 0 Å². The minimum Gasteiger partial charge on any atom is -1.00 e. The molecule has 1 aromatic heterocycles. The van der Waals surface area contributed by atoms with Gasteiger partial charge in [-0.25, -0.2) is 5.84 Å². The molecule has 0 aliphatic carbocycles. The van der Waals surface area contributed by atoms with Crippen LogP contribution in [0.3, 0.4) is 0 Å². The van der Waals surface area contributed by atoms with Crippen LogP contribution in [0, 0.1) is 0 Å². The Morgan fingerprint density at radius 1 is 1.70 bits per heavy atom. The predicted molar refractivity (Wildman–Crippen MR) is 32.9 cm³/mol. The molecule has 0 aliphatic rings. The fourth-order valence-corrected chi connectivity index (χ4v) is 0.686. The highest BCUT2D eigenvalue weighted by Gasteiger charge is 1.98. The average Bonchev–Trinajstić information content (AvgIpc) is 2.17. The van der Waals surface area contributed by atoms with Gasteiger partial charge in [0.15, 0.2) is 12.4 Å². The average molecular weight is 207 g/mol. The van der Waals surface area contributed by atoms with Crippen molar-refractivity contribution in [2.45, 2.75) is 19.9 Å². The Hall–Kier alpha value is -0.580. The second-order valence-electron chi connectivity index (χ2n) is 1.93. The number of nitrogens with two attached hydrogens (primary N) is 1. The van der Waals surface area contributed by atoms with E-state index in [2.05, 4.69) is 12.1 Å². The van der Waals surface area contributed by atoms with Crippen molar-refractivity contribution >= 4 is 0 Å². The molecule has 1 aromatic rings. The van der Waals surface area contributed by atoms with Crippen LogP contribution in [0.15, 0.2) is 12.4 Å². The van der Waals surface area contributed by atoms with Gasteiger partial charge in [0.1, 0.15) is 11.8 Å². The summed E-state index contributed by atoms with van der Waals surface area (Å²) in [5, 5.41) is 3.91. The van der Waals surface area contributed by atoms with Crippen LogP contribution in [0.25, 0.3) is 0 Å². The summed E-state index contributed by atoms with van der Waals surface area (Å²) in [6.45, 7) is 3.03. The smallest absolute Gasteiger partial charge is 0.184 e. The summed E-state index contributed by atoms with van der Waals surface area (Å²) in [5.74, 6) is 5.29. The van der Waals surface area contributed by atoms with Gasteiger partial charge in [-0.3, -0.25) is 0 Å². The van der Waals surface area contributed by atoms with Crippen molar-refractivity contribution in [1.82, 2.24) is 10.0 Å². The zero-order valence-corrected chi connectivity index (χ0v) is 7.45. The second-order valence-corrected chi connectivity index (χ2v) is 1.93. The normalized spacial score (nSPS) is 8.90. The molecule has 0 saturated heterocycles. The largest absolute Gasteiger partial charge is 1.00 e. The first-order valence-corrected chi connectivity index (χ1v) is 3.03. The summed E-state index contributed by atoms with van der Waals surface area (Å²) in [6, 6.07) is 0. The first kappa shape index (κ1) is 9.42. The van der Waals surface area contributed by atoms with Gasteiger partial charge in [-0.1, -0.05) is 6.92 Å². The van der Waals surface area contributed by atoms with Crippen molar-refractivity contribution in [3.63, 3.8) is 0 Å². The zero-order valence-electron chi connectivity index (χ0n) is 5.87. The van der Waals surface area contributed by atoms with E-state index >= 15 is 0 Å². The Morgan fingerprint density at radius 3 is 2.80 bits per heavy atom. The highest BCUT2D eigenvalue weighted by atomic mass is 79.9. The lowest BCUT2D eigenvalue weighted by Gasteiger charge is -1.83. The summed E-state index contributed by atoms with van der Waals surface area (Å²) >= 11 is 0. The van der Waals surface area contributed by atoms with Gasteiger partial charge in [0.2, 0.25) is 0 Å². The third-order valence-corrected chi connectivity index (χ3v) is 1.06. The Bertz CT molecular complexity index is 186. The summed E-state index contributed by atoms with van der Waals surface area (Å²) in [7, 11) is 0. The van der Waals surface area contributed by atoms with Crippen LogP contribution < -0.4 is 27.5 Å². The number of aryl methyl sites for hydroxylation is 1. The van der Waals surface area contributed by atoms with E-state index in [9.17, 15) is 0 Å². The van der Waals surface area contributed by atoms with Crippen molar-refractivity contribution in [3.05, 3.63) is 12.4 Å². The van der Waals surface area contributed by atoms with Gasteiger partial charge in [0.25, 0.3) is 0 Å². The highest BCUT2D eigenvalue weighted by Crippen LogP contribution is 1.73.